The lowest BCUT2D eigenvalue weighted by molar-refractivity contribution is 0.0900. The van der Waals surface area contributed by atoms with E-state index < -0.39 is 0 Å². The van der Waals surface area contributed by atoms with Crippen molar-refractivity contribution in [2.75, 3.05) is 18.1 Å². The quantitative estimate of drug-likeness (QED) is 0.692. The van der Waals surface area contributed by atoms with Crippen LogP contribution in [0.5, 0.6) is 5.75 Å². The van der Waals surface area contributed by atoms with Crippen molar-refractivity contribution in [1.82, 2.24) is 10.3 Å². The first-order valence-electron chi connectivity index (χ1n) is 10.8. The lowest BCUT2D eigenvalue weighted by Gasteiger charge is -2.37. The van der Waals surface area contributed by atoms with E-state index in [4.69, 9.17) is 16.3 Å². The summed E-state index contributed by atoms with van der Waals surface area (Å²) in [4.78, 5) is 19.6. The molecule has 1 aromatic carbocycles. The molecule has 0 saturated heterocycles. The monoisotopic (exact) mass is 427 g/mol. The maximum atomic E-state index is 13.1. The number of carbonyl (C=O) groups excluding carboxylic acids is 1. The van der Waals surface area contributed by atoms with Gasteiger partial charge in [-0.1, -0.05) is 38.4 Å². The van der Waals surface area contributed by atoms with Crippen molar-refractivity contribution in [3.8, 4) is 5.75 Å². The number of nitrogens with one attached hydrogen (secondary N) is 1. The van der Waals surface area contributed by atoms with E-state index in [2.05, 4.69) is 31.1 Å². The summed E-state index contributed by atoms with van der Waals surface area (Å²) in [5.74, 6) is 1.93. The molecule has 0 radical (unpaired) electrons. The van der Waals surface area contributed by atoms with Crippen LogP contribution in [0.1, 0.15) is 56.8 Å². The van der Waals surface area contributed by atoms with Gasteiger partial charge in [-0.2, -0.15) is 0 Å². The Hall–Kier alpha value is -2.27. The van der Waals surface area contributed by atoms with Crippen LogP contribution < -0.4 is 15.0 Å². The van der Waals surface area contributed by atoms with E-state index in [9.17, 15) is 4.79 Å². The van der Waals surface area contributed by atoms with Gasteiger partial charge in [0.2, 0.25) is 0 Å². The number of hydrogen-bond donors (Lipinski definition) is 1. The van der Waals surface area contributed by atoms with Crippen LogP contribution >= 0.6 is 11.6 Å². The number of fused-ring (bicyclic) bond motifs is 1. The summed E-state index contributed by atoms with van der Waals surface area (Å²) < 4.78 is 5.94. The maximum absolute atomic E-state index is 13.1. The van der Waals surface area contributed by atoms with Crippen molar-refractivity contribution in [2.24, 2.45) is 11.3 Å². The SMILES string of the molecule is CC(C)(C)C1CCC(NC(=O)c2cccc3c2OCCN3c2ncccc2Cl)CC1. The van der Waals surface area contributed by atoms with E-state index in [1.165, 1.54) is 0 Å². The van der Waals surface area contributed by atoms with E-state index in [1.54, 1.807) is 6.20 Å². The largest absolute Gasteiger partial charge is 0.489 e. The second-order valence-electron chi connectivity index (χ2n) is 9.35. The minimum Gasteiger partial charge on any atom is -0.489 e. The highest BCUT2D eigenvalue weighted by Gasteiger charge is 2.31. The number of rotatable bonds is 3. The topological polar surface area (TPSA) is 54.5 Å². The molecule has 1 saturated carbocycles. The number of hydrogen-bond acceptors (Lipinski definition) is 4. The molecule has 2 aliphatic rings. The number of carbonyl (C=O) groups is 1. The van der Waals surface area contributed by atoms with Crippen LogP contribution in [0.3, 0.4) is 0 Å². The first kappa shape index (κ1) is 21.0. The molecular weight excluding hydrogens is 398 g/mol. The molecule has 0 bridgehead atoms. The van der Waals surface area contributed by atoms with Crippen molar-refractivity contribution < 1.29 is 9.53 Å². The predicted octanol–water partition coefficient (Wildman–Crippen LogP) is 5.60. The standard InChI is InChI=1S/C24H30ClN3O2/c1-24(2,3)16-9-11-17(12-10-16)27-23(29)18-6-4-8-20-21(18)30-15-14-28(20)22-19(25)7-5-13-26-22/h4-8,13,16-17H,9-12,14-15H2,1-3H3,(H,27,29). The highest BCUT2D eigenvalue weighted by molar-refractivity contribution is 6.33. The molecule has 0 unspecified atom stereocenters. The molecule has 5 nitrogen and oxygen atoms in total. The van der Waals surface area contributed by atoms with Gasteiger partial charge >= 0.3 is 0 Å². The molecule has 30 heavy (non-hydrogen) atoms. The maximum Gasteiger partial charge on any atom is 0.255 e. The van der Waals surface area contributed by atoms with Crippen molar-refractivity contribution >= 4 is 29.0 Å². The summed E-state index contributed by atoms with van der Waals surface area (Å²) in [5, 5.41) is 3.82. The molecule has 160 valence electrons. The van der Waals surface area contributed by atoms with Gasteiger partial charge in [-0.3, -0.25) is 4.79 Å². The molecule has 2 heterocycles. The zero-order valence-corrected chi connectivity index (χ0v) is 18.7. The Bertz CT molecular complexity index is 917. The van der Waals surface area contributed by atoms with Gasteiger partial charge in [-0.05, 0) is 61.3 Å². The van der Waals surface area contributed by atoms with Crippen LogP contribution in [-0.4, -0.2) is 30.1 Å². The van der Waals surface area contributed by atoms with Crippen LogP contribution in [0, 0.1) is 11.3 Å². The van der Waals surface area contributed by atoms with Crippen molar-refractivity contribution in [2.45, 2.75) is 52.5 Å². The summed E-state index contributed by atoms with van der Waals surface area (Å²) in [6.45, 7) is 8.03. The highest BCUT2D eigenvalue weighted by atomic mass is 35.5. The van der Waals surface area contributed by atoms with E-state index in [0.29, 0.717) is 40.7 Å². The smallest absolute Gasteiger partial charge is 0.255 e. The zero-order chi connectivity index (χ0) is 21.3. The summed E-state index contributed by atoms with van der Waals surface area (Å²) >= 11 is 6.37. The number of benzene rings is 1. The molecule has 0 spiro atoms. The number of aromatic nitrogens is 1. The molecule has 1 aromatic heterocycles. The normalized spacial score (nSPS) is 21.5. The van der Waals surface area contributed by atoms with Crippen LogP contribution in [0.4, 0.5) is 11.5 Å². The molecule has 1 fully saturated rings. The van der Waals surface area contributed by atoms with E-state index >= 15 is 0 Å². The third-order valence-electron chi connectivity index (χ3n) is 6.37. The number of para-hydroxylation sites is 1. The molecule has 1 N–H and O–H groups in total. The van der Waals surface area contributed by atoms with Crippen LogP contribution in [-0.2, 0) is 0 Å². The highest BCUT2D eigenvalue weighted by Crippen LogP contribution is 2.41. The number of pyridine rings is 1. The number of amides is 1. The van der Waals surface area contributed by atoms with Gasteiger partial charge in [0.25, 0.3) is 5.91 Å². The number of ether oxygens (including phenoxy) is 1. The van der Waals surface area contributed by atoms with Crippen LogP contribution in [0.2, 0.25) is 5.02 Å². The van der Waals surface area contributed by atoms with Gasteiger partial charge in [0.15, 0.2) is 11.6 Å². The Balaban J connectivity index is 1.52. The van der Waals surface area contributed by atoms with Gasteiger partial charge in [-0.15, -0.1) is 0 Å². The number of anilines is 2. The predicted molar refractivity (Wildman–Crippen MR) is 121 cm³/mol. The Kier molecular flexibility index (Phi) is 5.92. The van der Waals surface area contributed by atoms with Crippen LogP contribution in [0.25, 0.3) is 0 Å². The fourth-order valence-corrected chi connectivity index (χ4v) is 4.81. The summed E-state index contributed by atoms with van der Waals surface area (Å²) in [6, 6.07) is 9.53. The van der Waals surface area contributed by atoms with E-state index in [1.807, 2.05) is 35.2 Å². The molecule has 4 rings (SSSR count). The van der Waals surface area contributed by atoms with Gasteiger partial charge < -0.3 is 15.0 Å². The van der Waals surface area contributed by atoms with Gasteiger partial charge in [-0.25, -0.2) is 4.98 Å². The average molecular weight is 428 g/mol. The zero-order valence-electron chi connectivity index (χ0n) is 18.0. The fraction of sp³-hybridized carbons (Fsp3) is 0.500. The Labute approximate surface area is 183 Å². The number of nitrogens with zero attached hydrogens (tertiary/aromatic N) is 2. The Morgan fingerprint density at radius 2 is 1.93 bits per heavy atom. The Morgan fingerprint density at radius 1 is 1.17 bits per heavy atom. The summed E-state index contributed by atoms with van der Waals surface area (Å²) in [6.07, 6.45) is 6.09. The minimum absolute atomic E-state index is 0.0694. The first-order chi connectivity index (χ1) is 14.3. The average Bonchev–Trinajstić information content (AvgIpc) is 2.73. The molecular formula is C24H30ClN3O2. The van der Waals surface area contributed by atoms with E-state index in [0.717, 1.165) is 37.3 Å². The minimum atomic E-state index is -0.0694. The second kappa shape index (κ2) is 8.46. The lowest BCUT2D eigenvalue weighted by Crippen LogP contribution is -2.40. The van der Waals surface area contributed by atoms with Crippen molar-refractivity contribution in [3.05, 3.63) is 47.1 Å². The number of halogens is 1. The lowest BCUT2D eigenvalue weighted by atomic mass is 9.71. The third-order valence-corrected chi connectivity index (χ3v) is 6.67. The summed E-state index contributed by atoms with van der Waals surface area (Å²) in [5.41, 5.74) is 1.73. The fourth-order valence-electron chi connectivity index (χ4n) is 4.59. The Morgan fingerprint density at radius 3 is 2.63 bits per heavy atom. The van der Waals surface area contributed by atoms with Gasteiger partial charge in [0.1, 0.15) is 6.61 Å². The molecule has 6 heteroatoms. The van der Waals surface area contributed by atoms with Gasteiger partial charge in [0, 0.05) is 12.2 Å². The molecule has 2 aromatic rings. The molecule has 0 atom stereocenters. The molecule has 1 aliphatic carbocycles. The third kappa shape index (κ3) is 4.27. The van der Waals surface area contributed by atoms with E-state index in [-0.39, 0.29) is 11.9 Å². The first-order valence-corrected chi connectivity index (χ1v) is 11.2. The van der Waals surface area contributed by atoms with Crippen LogP contribution in [0.15, 0.2) is 36.5 Å². The second-order valence-corrected chi connectivity index (χ2v) is 9.76. The van der Waals surface area contributed by atoms with Crippen molar-refractivity contribution in [1.29, 1.82) is 0 Å². The molecule has 1 aliphatic heterocycles. The molecule has 1 amide bonds. The summed E-state index contributed by atoms with van der Waals surface area (Å²) in [7, 11) is 0. The van der Waals surface area contributed by atoms with Crippen molar-refractivity contribution in [3.63, 3.8) is 0 Å². The van der Waals surface area contributed by atoms with Gasteiger partial charge in [0.05, 0.1) is 22.8 Å².